The first kappa shape index (κ1) is 13.6. The predicted molar refractivity (Wildman–Crippen MR) is 82.1 cm³/mol. The van der Waals surface area contributed by atoms with E-state index in [2.05, 4.69) is 15.4 Å². The van der Waals surface area contributed by atoms with Gasteiger partial charge < -0.3 is 10.1 Å². The van der Waals surface area contributed by atoms with Crippen LogP contribution in [0, 0.1) is 6.92 Å². The molecule has 0 radical (unpaired) electrons. The van der Waals surface area contributed by atoms with Crippen LogP contribution in [-0.2, 0) is 7.05 Å². The molecule has 0 aromatic carbocycles. The minimum atomic E-state index is -0.150. The average Bonchev–Trinajstić information content (AvgIpc) is 3.02. The smallest absolute Gasteiger partial charge is 0.265 e. The molecular formula is C14H14N4O2S. The summed E-state index contributed by atoms with van der Waals surface area (Å²) in [6, 6.07) is 5.33. The number of aromatic nitrogens is 3. The number of nitrogens with one attached hydrogen (secondary N) is 1. The number of ether oxygens (including phenoxy) is 1. The van der Waals surface area contributed by atoms with Gasteiger partial charge in [0.05, 0.1) is 29.6 Å². The van der Waals surface area contributed by atoms with Crippen LogP contribution in [0.3, 0.4) is 0 Å². The van der Waals surface area contributed by atoms with Crippen molar-refractivity contribution in [3.8, 4) is 5.88 Å². The van der Waals surface area contributed by atoms with E-state index in [-0.39, 0.29) is 5.91 Å². The van der Waals surface area contributed by atoms with Crippen molar-refractivity contribution < 1.29 is 9.53 Å². The first-order valence-corrected chi connectivity index (χ1v) is 7.14. The molecule has 108 valence electrons. The van der Waals surface area contributed by atoms with Crippen LogP contribution in [0.15, 0.2) is 24.4 Å². The van der Waals surface area contributed by atoms with Gasteiger partial charge in [0.1, 0.15) is 4.83 Å². The molecule has 3 heterocycles. The van der Waals surface area contributed by atoms with Gasteiger partial charge in [-0.15, -0.1) is 11.3 Å². The van der Waals surface area contributed by atoms with Gasteiger partial charge in [-0.3, -0.25) is 9.48 Å². The van der Waals surface area contributed by atoms with E-state index in [1.54, 1.807) is 30.1 Å². The summed E-state index contributed by atoms with van der Waals surface area (Å²) in [4.78, 5) is 18.0. The van der Waals surface area contributed by atoms with E-state index in [1.807, 2.05) is 20.0 Å². The second-order valence-electron chi connectivity index (χ2n) is 4.58. The summed E-state index contributed by atoms with van der Waals surface area (Å²) < 4.78 is 6.78. The van der Waals surface area contributed by atoms with Crippen molar-refractivity contribution in [3.63, 3.8) is 0 Å². The van der Waals surface area contributed by atoms with Gasteiger partial charge in [0.25, 0.3) is 5.91 Å². The van der Waals surface area contributed by atoms with Crippen LogP contribution in [0.2, 0.25) is 0 Å². The maximum absolute atomic E-state index is 12.3. The topological polar surface area (TPSA) is 69.0 Å². The molecular weight excluding hydrogens is 288 g/mol. The molecule has 0 unspecified atom stereocenters. The summed E-state index contributed by atoms with van der Waals surface area (Å²) in [5.41, 5.74) is 1.56. The average molecular weight is 302 g/mol. The molecule has 21 heavy (non-hydrogen) atoms. The minimum absolute atomic E-state index is 0.150. The second-order valence-corrected chi connectivity index (χ2v) is 5.61. The first-order chi connectivity index (χ1) is 10.1. The zero-order valence-corrected chi connectivity index (χ0v) is 12.7. The van der Waals surface area contributed by atoms with Gasteiger partial charge in [0, 0.05) is 18.5 Å². The third-order valence-corrected chi connectivity index (χ3v) is 4.32. The quantitative estimate of drug-likeness (QED) is 0.807. The Balaban J connectivity index is 1.84. The lowest BCUT2D eigenvalue weighted by atomic mass is 10.3. The lowest BCUT2D eigenvalue weighted by Crippen LogP contribution is -2.10. The minimum Gasteiger partial charge on any atom is -0.481 e. The van der Waals surface area contributed by atoms with Gasteiger partial charge >= 0.3 is 0 Å². The maximum atomic E-state index is 12.3. The SMILES string of the molecule is COc1ccc(NC(=O)c2cc3c(C)nn(C)c3s2)cn1. The van der Waals surface area contributed by atoms with Crippen LogP contribution in [0.5, 0.6) is 5.88 Å². The highest BCUT2D eigenvalue weighted by Gasteiger charge is 2.15. The number of carbonyl (C=O) groups excluding carboxylic acids is 1. The summed E-state index contributed by atoms with van der Waals surface area (Å²) >= 11 is 1.42. The molecule has 3 aromatic rings. The van der Waals surface area contributed by atoms with Gasteiger partial charge in [-0.1, -0.05) is 0 Å². The van der Waals surface area contributed by atoms with E-state index >= 15 is 0 Å². The predicted octanol–water partition coefficient (Wildman–Crippen LogP) is 2.60. The first-order valence-electron chi connectivity index (χ1n) is 6.33. The fourth-order valence-corrected chi connectivity index (χ4v) is 3.10. The van der Waals surface area contributed by atoms with Crippen LogP contribution in [0.4, 0.5) is 5.69 Å². The van der Waals surface area contributed by atoms with E-state index in [0.717, 1.165) is 15.9 Å². The Labute approximate surface area is 125 Å². The lowest BCUT2D eigenvalue weighted by Gasteiger charge is -2.04. The fourth-order valence-electron chi connectivity index (χ4n) is 2.08. The molecule has 0 saturated heterocycles. The number of hydrogen-bond donors (Lipinski definition) is 1. The Kier molecular flexibility index (Phi) is 3.34. The molecule has 3 aromatic heterocycles. The van der Waals surface area contributed by atoms with Gasteiger partial charge in [-0.2, -0.15) is 5.10 Å². The Morgan fingerprint density at radius 3 is 2.86 bits per heavy atom. The molecule has 1 amide bonds. The number of methoxy groups -OCH3 is 1. The van der Waals surface area contributed by atoms with E-state index in [1.165, 1.54) is 11.3 Å². The highest BCUT2D eigenvalue weighted by atomic mass is 32.1. The molecule has 7 heteroatoms. The van der Waals surface area contributed by atoms with Crippen molar-refractivity contribution in [2.24, 2.45) is 7.05 Å². The number of anilines is 1. The van der Waals surface area contributed by atoms with Crippen molar-refractivity contribution in [1.82, 2.24) is 14.8 Å². The highest BCUT2D eigenvalue weighted by molar-refractivity contribution is 7.20. The number of pyridine rings is 1. The molecule has 0 atom stereocenters. The fraction of sp³-hybridized carbons (Fsp3) is 0.214. The van der Waals surface area contributed by atoms with Crippen LogP contribution in [-0.4, -0.2) is 27.8 Å². The number of aryl methyl sites for hydroxylation is 2. The molecule has 6 nitrogen and oxygen atoms in total. The molecule has 0 aliphatic heterocycles. The standard InChI is InChI=1S/C14H14N4O2S/c1-8-10-6-11(21-14(10)18(2)17-8)13(19)16-9-4-5-12(20-3)15-7-9/h4-7H,1-3H3,(H,16,19). The third-order valence-electron chi connectivity index (χ3n) is 3.12. The zero-order chi connectivity index (χ0) is 15.0. The summed E-state index contributed by atoms with van der Waals surface area (Å²) in [5, 5.41) is 8.16. The van der Waals surface area contributed by atoms with Crippen molar-refractivity contribution in [2.45, 2.75) is 6.92 Å². The summed E-state index contributed by atoms with van der Waals surface area (Å²) in [7, 11) is 3.43. The Hall–Kier alpha value is -2.41. The van der Waals surface area contributed by atoms with Crippen LogP contribution in [0.1, 0.15) is 15.4 Å². The molecule has 0 spiro atoms. The Morgan fingerprint density at radius 2 is 2.24 bits per heavy atom. The zero-order valence-electron chi connectivity index (χ0n) is 11.9. The summed E-state index contributed by atoms with van der Waals surface area (Å²) in [5.74, 6) is 0.360. The number of hydrogen-bond acceptors (Lipinski definition) is 5. The Bertz CT molecular complexity index is 770. The second kappa shape index (κ2) is 5.17. The lowest BCUT2D eigenvalue weighted by molar-refractivity contribution is 0.103. The van der Waals surface area contributed by atoms with E-state index in [4.69, 9.17) is 4.74 Å². The summed E-state index contributed by atoms with van der Waals surface area (Å²) in [6.07, 6.45) is 1.57. The normalized spacial score (nSPS) is 10.8. The van der Waals surface area contributed by atoms with Gasteiger partial charge in [0.2, 0.25) is 5.88 Å². The number of nitrogens with zero attached hydrogens (tertiary/aromatic N) is 3. The van der Waals surface area contributed by atoms with Gasteiger partial charge in [0.15, 0.2) is 0 Å². The van der Waals surface area contributed by atoms with E-state index < -0.39 is 0 Å². The highest BCUT2D eigenvalue weighted by Crippen LogP contribution is 2.28. The number of rotatable bonds is 3. The van der Waals surface area contributed by atoms with Crippen LogP contribution in [0.25, 0.3) is 10.2 Å². The van der Waals surface area contributed by atoms with Gasteiger partial charge in [-0.05, 0) is 19.1 Å². The van der Waals surface area contributed by atoms with Crippen molar-refractivity contribution in [2.75, 3.05) is 12.4 Å². The van der Waals surface area contributed by atoms with Crippen molar-refractivity contribution in [1.29, 1.82) is 0 Å². The largest absolute Gasteiger partial charge is 0.481 e. The van der Waals surface area contributed by atoms with Crippen LogP contribution >= 0.6 is 11.3 Å². The van der Waals surface area contributed by atoms with Crippen LogP contribution < -0.4 is 10.1 Å². The van der Waals surface area contributed by atoms with Crippen molar-refractivity contribution >= 4 is 33.1 Å². The number of carbonyl (C=O) groups is 1. The number of thiophene rings is 1. The third kappa shape index (κ3) is 2.47. The van der Waals surface area contributed by atoms with E-state index in [9.17, 15) is 4.79 Å². The molecule has 0 saturated carbocycles. The molecule has 0 aliphatic rings. The summed E-state index contributed by atoms with van der Waals surface area (Å²) in [6.45, 7) is 1.93. The van der Waals surface area contributed by atoms with Crippen molar-refractivity contribution in [3.05, 3.63) is 35.0 Å². The molecule has 1 N–H and O–H groups in total. The molecule has 0 fully saturated rings. The Morgan fingerprint density at radius 1 is 1.43 bits per heavy atom. The molecule has 3 rings (SSSR count). The number of fused-ring (bicyclic) bond motifs is 1. The molecule has 0 bridgehead atoms. The number of amides is 1. The monoisotopic (exact) mass is 302 g/mol. The maximum Gasteiger partial charge on any atom is 0.265 e. The molecule has 0 aliphatic carbocycles. The van der Waals surface area contributed by atoms with Gasteiger partial charge in [-0.25, -0.2) is 4.98 Å². The van der Waals surface area contributed by atoms with E-state index in [0.29, 0.717) is 16.4 Å².